The SMILES string of the molecule is CCCCCCC(C)OC(=O)OOOC(=O)c1cc(OC)cc(OC)c1. The molecule has 1 unspecified atom stereocenters. The zero-order chi connectivity index (χ0) is 19.4. The van der Waals surface area contributed by atoms with Crippen LogP contribution in [0.5, 0.6) is 11.5 Å². The van der Waals surface area contributed by atoms with Crippen molar-refractivity contribution >= 4 is 12.1 Å². The highest BCUT2D eigenvalue weighted by molar-refractivity contribution is 5.90. The van der Waals surface area contributed by atoms with Gasteiger partial charge in [0, 0.05) is 6.07 Å². The van der Waals surface area contributed by atoms with Gasteiger partial charge in [-0.05, 0) is 31.9 Å². The number of ether oxygens (including phenoxy) is 3. The van der Waals surface area contributed by atoms with E-state index in [0.717, 1.165) is 32.1 Å². The van der Waals surface area contributed by atoms with Crippen molar-refractivity contribution in [3.63, 3.8) is 0 Å². The highest BCUT2D eigenvalue weighted by Gasteiger charge is 2.16. The fourth-order valence-corrected chi connectivity index (χ4v) is 2.15. The molecule has 1 atom stereocenters. The Labute approximate surface area is 153 Å². The van der Waals surface area contributed by atoms with Gasteiger partial charge in [-0.1, -0.05) is 26.2 Å². The summed E-state index contributed by atoms with van der Waals surface area (Å²) in [5.41, 5.74) is 0.0995. The minimum Gasteiger partial charge on any atom is -0.497 e. The summed E-state index contributed by atoms with van der Waals surface area (Å²) in [4.78, 5) is 32.1. The number of carbonyl (C=O) groups is 2. The fourth-order valence-electron chi connectivity index (χ4n) is 2.15. The van der Waals surface area contributed by atoms with Crippen LogP contribution >= 0.6 is 0 Å². The summed E-state index contributed by atoms with van der Waals surface area (Å²) in [7, 11) is 2.89. The summed E-state index contributed by atoms with van der Waals surface area (Å²) >= 11 is 0. The first-order chi connectivity index (χ1) is 12.5. The Bertz CT molecular complexity index is 550. The van der Waals surface area contributed by atoms with Gasteiger partial charge in [-0.25, -0.2) is 14.5 Å². The van der Waals surface area contributed by atoms with Gasteiger partial charge in [0.15, 0.2) is 0 Å². The van der Waals surface area contributed by atoms with E-state index in [1.165, 1.54) is 26.4 Å². The summed E-state index contributed by atoms with van der Waals surface area (Å²) in [5.74, 6) is -0.0929. The van der Waals surface area contributed by atoms with Crippen LogP contribution in [0.1, 0.15) is 56.3 Å². The minimum atomic E-state index is -1.08. The van der Waals surface area contributed by atoms with Crippen molar-refractivity contribution in [2.24, 2.45) is 0 Å². The number of hydrogen-bond acceptors (Lipinski definition) is 8. The molecule has 1 rings (SSSR count). The van der Waals surface area contributed by atoms with E-state index in [1.54, 1.807) is 13.0 Å². The van der Waals surface area contributed by atoms with Crippen LogP contribution in [0.25, 0.3) is 0 Å². The average molecular weight is 370 g/mol. The third-order valence-electron chi connectivity index (χ3n) is 3.56. The van der Waals surface area contributed by atoms with Gasteiger partial charge >= 0.3 is 12.1 Å². The maximum absolute atomic E-state index is 11.9. The molecule has 26 heavy (non-hydrogen) atoms. The molecule has 0 bridgehead atoms. The second-order valence-corrected chi connectivity index (χ2v) is 5.65. The van der Waals surface area contributed by atoms with Gasteiger partial charge < -0.3 is 14.2 Å². The topological polar surface area (TPSA) is 89.5 Å². The number of carbonyl (C=O) groups excluding carboxylic acids is 2. The van der Waals surface area contributed by atoms with E-state index in [9.17, 15) is 9.59 Å². The fraction of sp³-hybridized carbons (Fsp3) is 0.556. The van der Waals surface area contributed by atoms with Gasteiger partial charge in [0.1, 0.15) is 17.6 Å². The van der Waals surface area contributed by atoms with Gasteiger partial charge in [0.25, 0.3) is 0 Å². The smallest absolute Gasteiger partial charge is 0.497 e. The predicted octanol–water partition coefficient (Wildman–Crippen LogP) is 4.22. The number of rotatable bonds is 11. The van der Waals surface area contributed by atoms with Crippen molar-refractivity contribution in [3.05, 3.63) is 23.8 Å². The lowest BCUT2D eigenvalue weighted by molar-refractivity contribution is -0.452. The molecule has 8 nitrogen and oxygen atoms in total. The molecule has 1 aromatic rings. The molecule has 146 valence electrons. The lowest BCUT2D eigenvalue weighted by Gasteiger charge is -2.11. The highest BCUT2D eigenvalue weighted by Crippen LogP contribution is 2.23. The van der Waals surface area contributed by atoms with E-state index in [-0.39, 0.29) is 11.7 Å². The Kier molecular flexibility index (Phi) is 9.93. The van der Waals surface area contributed by atoms with Crippen molar-refractivity contribution in [3.8, 4) is 11.5 Å². The van der Waals surface area contributed by atoms with Crippen molar-refractivity contribution < 1.29 is 38.6 Å². The van der Waals surface area contributed by atoms with Crippen molar-refractivity contribution in [1.82, 2.24) is 0 Å². The maximum Gasteiger partial charge on any atom is 0.543 e. The zero-order valence-electron chi connectivity index (χ0n) is 15.6. The summed E-state index contributed by atoms with van der Waals surface area (Å²) in [6.45, 7) is 3.87. The third-order valence-corrected chi connectivity index (χ3v) is 3.56. The predicted molar refractivity (Wildman–Crippen MR) is 91.8 cm³/mol. The molecule has 0 aromatic heterocycles. The first kappa shape index (κ1) is 21.6. The molecular formula is C18H26O8. The minimum absolute atomic E-state index is 0.0995. The Balaban J connectivity index is 2.36. The molecule has 0 amide bonds. The van der Waals surface area contributed by atoms with E-state index in [2.05, 4.69) is 21.7 Å². The summed E-state index contributed by atoms with van der Waals surface area (Å²) < 4.78 is 15.1. The van der Waals surface area contributed by atoms with Gasteiger partial charge in [-0.2, -0.15) is 0 Å². The van der Waals surface area contributed by atoms with E-state index in [4.69, 9.17) is 14.2 Å². The number of hydrogen-bond donors (Lipinski definition) is 0. The first-order valence-electron chi connectivity index (χ1n) is 8.49. The Hall–Kier alpha value is -2.48. The van der Waals surface area contributed by atoms with Crippen LogP contribution in [-0.2, 0) is 19.6 Å². The first-order valence-corrected chi connectivity index (χ1v) is 8.49. The van der Waals surface area contributed by atoms with Crippen LogP contribution in [0.2, 0.25) is 0 Å². The molecule has 1 aromatic carbocycles. The van der Waals surface area contributed by atoms with Gasteiger partial charge in [-0.3, -0.25) is 4.89 Å². The lowest BCUT2D eigenvalue weighted by Crippen LogP contribution is -2.17. The molecule has 0 aliphatic rings. The van der Waals surface area contributed by atoms with Crippen LogP contribution in [-0.4, -0.2) is 32.4 Å². The summed E-state index contributed by atoms with van der Waals surface area (Å²) in [6, 6.07) is 4.43. The molecule has 0 heterocycles. The van der Waals surface area contributed by atoms with Crippen LogP contribution in [0, 0.1) is 0 Å². The number of methoxy groups -OCH3 is 2. The van der Waals surface area contributed by atoms with Crippen molar-refractivity contribution in [2.45, 2.75) is 52.1 Å². The quantitative estimate of drug-likeness (QED) is 0.247. The average Bonchev–Trinajstić information content (AvgIpc) is 2.64. The largest absolute Gasteiger partial charge is 0.543 e. The third kappa shape index (κ3) is 8.06. The van der Waals surface area contributed by atoms with Crippen LogP contribution in [0.15, 0.2) is 18.2 Å². The Morgan fingerprint density at radius 2 is 1.62 bits per heavy atom. The Morgan fingerprint density at radius 3 is 2.19 bits per heavy atom. The second kappa shape index (κ2) is 12.0. The summed E-state index contributed by atoms with van der Waals surface area (Å²) in [5, 5.41) is 4.20. The molecule has 0 spiro atoms. The molecule has 0 saturated heterocycles. The molecule has 0 aliphatic carbocycles. The normalized spacial score (nSPS) is 11.4. The van der Waals surface area contributed by atoms with E-state index >= 15 is 0 Å². The van der Waals surface area contributed by atoms with Crippen LogP contribution in [0.4, 0.5) is 4.79 Å². The summed E-state index contributed by atoms with van der Waals surface area (Å²) in [6.07, 6.45) is 3.64. The van der Waals surface area contributed by atoms with E-state index in [0.29, 0.717) is 11.5 Å². The molecule has 0 N–H and O–H groups in total. The lowest BCUT2D eigenvalue weighted by atomic mass is 10.1. The van der Waals surface area contributed by atoms with Gasteiger partial charge in [-0.15, -0.1) is 0 Å². The standard InChI is InChI=1S/C18H26O8/c1-5-6-7-8-9-13(2)23-18(20)25-26-24-17(19)14-10-15(21-3)12-16(11-14)22-4/h10-13H,5-9H2,1-4H3. The van der Waals surface area contributed by atoms with E-state index < -0.39 is 12.1 Å². The molecule has 0 fully saturated rings. The maximum atomic E-state index is 11.9. The van der Waals surface area contributed by atoms with Gasteiger partial charge in [0.2, 0.25) is 0 Å². The number of unbranched alkanes of at least 4 members (excludes halogenated alkanes) is 3. The molecule has 0 saturated carbocycles. The molecule has 0 aliphatic heterocycles. The monoisotopic (exact) mass is 370 g/mol. The zero-order valence-corrected chi connectivity index (χ0v) is 15.6. The molecule has 8 heteroatoms. The van der Waals surface area contributed by atoms with Crippen molar-refractivity contribution in [1.29, 1.82) is 0 Å². The Morgan fingerprint density at radius 1 is 0.962 bits per heavy atom. The van der Waals surface area contributed by atoms with Crippen molar-refractivity contribution in [2.75, 3.05) is 14.2 Å². The second-order valence-electron chi connectivity index (χ2n) is 5.65. The molecule has 0 radical (unpaired) electrons. The van der Waals surface area contributed by atoms with Gasteiger partial charge in [0.05, 0.1) is 24.8 Å². The van der Waals surface area contributed by atoms with Crippen LogP contribution < -0.4 is 9.47 Å². The number of benzene rings is 1. The van der Waals surface area contributed by atoms with E-state index in [1.807, 2.05) is 0 Å². The van der Waals surface area contributed by atoms with Crippen LogP contribution in [0.3, 0.4) is 0 Å². The highest BCUT2D eigenvalue weighted by atomic mass is 17.5. The molecular weight excluding hydrogens is 344 g/mol.